The van der Waals surface area contributed by atoms with Crippen LogP contribution in [0.1, 0.15) is 26.3 Å². The standard InChI is InChI=1S/C52H40N4O2/c1-52(2,3)35-28-29-53-49(30-35)56-46-32-38(26-27-40(46)41-20-12-19-39(51(41)56)34-14-5-4-6-15-34)57-37-17-11-16-36(31-37)54-33-55(44-22-9-8-21-43(44)54)45-23-13-25-48-50(45)42-18-7-10-24-47(42)58-48/h4-32H,33H2,1-3H3. The highest BCUT2D eigenvalue weighted by atomic mass is 16.5. The summed E-state index contributed by atoms with van der Waals surface area (Å²) >= 11 is 0. The molecule has 3 aromatic heterocycles. The highest BCUT2D eigenvalue weighted by molar-refractivity contribution is 6.14. The SMILES string of the molecule is CC(C)(C)c1ccnc(-n2c3cc(Oc4cccc(N5CN(c6cccc7oc8ccccc8c67)c6ccccc65)c4)ccc3c3cccc(-c4ccccc4)c32)c1. The monoisotopic (exact) mass is 752 g/mol. The van der Waals surface area contributed by atoms with E-state index in [-0.39, 0.29) is 5.41 Å². The van der Waals surface area contributed by atoms with E-state index in [4.69, 9.17) is 14.1 Å². The van der Waals surface area contributed by atoms with Crippen molar-refractivity contribution in [3.05, 3.63) is 182 Å². The molecule has 0 saturated heterocycles. The van der Waals surface area contributed by atoms with Crippen LogP contribution in [-0.2, 0) is 5.41 Å². The summed E-state index contributed by atoms with van der Waals surface area (Å²) in [6.45, 7) is 7.37. The van der Waals surface area contributed by atoms with Gasteiger partial charge in [-0.05, 0) is 83.3 Å². The maximum Gasteiger partial charge on any atom is 0.137 e. The first-order valence-corrected chi connectivity index (χ1v) is 19.8. The Labute approximate surface area is 336 Å². The van der Waals surface area contributed by atoms with Crippen molar-refractivity contribution in [2.45, 2.75) is 26.2 Å². The molecule has 0 unspecified atom stereocenters. The maximum atomic E-state index is 6.77. The molecule has 0 N–H and O–H groups in total. The van der Waals surface area contributed by atoms with E-state index in [1.165, 1.54) is 10.9 Å². The van der Waals surface area contributed by atoms with Gasteiger partial charge >= 0.3 is 0 Å². The van der Waals surface area contributed by atoms with Crippen LogP contribution in [0.2, 0.25) is 0 Å². The largest absolute Gasteiger partial charge is 0.457 e. The van der Waals surface area contributed by atoms with Crippen LogP contribution in [0.3, 0.4) is 0 Å². The van der Waals surface area contributed by atoms with Crippen molar-refractivity contribution in [2.24, 2.45) is 0 Å². The number of fused-ring (bicyclic) bond motifs is 7. The van der Waals surface area contributed by atoms with Gasteiger partial charge in [0.25, 0.3) is 0 Å². The first-order valence-electron chi connectivity index (χ1n) is 19.8. The number of para-hydroxylation sites is 4. The van der Waals surface area contributed by atoms with E-state index in [0.29, 0.717) is 6.67 Å². The molecule has 58 heavy (non-hydrogen) atoms. The number of anilines is 4. The van der Waals surface area contributed by atoms with Crippen molar-refractivity contribution in [1.29, 1.82) is 0 Å². The smallest absolute Gasteiger partial charge is 0.137 e. The Morgan fingerprint density at radius 3 is 2.14 bits per heavy atom. The molecule has 0 amide bonds. The molecule has 0 atom stereocenters. The second-order valence-electron chi connectivity index (χ2n) is 16.1. The lowest BCUT2D eigenvalue weighted by Crippen LogP contribution is -2.24. The number of hydrogen-bond acceptors (Lipinski definition) is 5. The van der Waals surface area contributed by atoms with E-state index < -0.39 is 0 Å². The molecule has 1 aliphatic rings. The normalized spacial score (nSPS) is 12.9. The van der Waals surface area contributed by atoms with E-state index >= 15 is 0 Å². The Morgan fingerprint density at radius 1 is 0.569 bits per heavy atom. The minimum absolute atomic E-state index is 0.0359. The van der Waals surface area contributed by atoms with Gasteiger partial charge in [0, 0.05) is 45.7 Å². The zero-order chi connectivity index (χ0) is 39.0. The van der Waals surface area contributed by atoms with Crippen molar-refractivity contribution < 1.29 is 9.15 Å². The summed E-state index contributed by atoms with van der Waals surface area (Å²) in [7, 11) is 0. The fourth-order valence-electron chi connectivity index (χ4n) is 8.68. The average molecular weight is 753 g/mol. The number of nitrogens with zero attached hydrogens (tertiary/aromatic N) is 4. The van der Waals surface area contributed by atoms with Crippen molar-refractivity contribution in [3.8, 4) is 28.4 Å². The van der Waals surface area contributed by atoms with Gasteiger partial charge in [0.1, 0.15) is 35.2 Å². The van der Waals surface area contributed by atoms with Crippen molar-refractivity contribution in [2.75, 3.05) is 16.5 Å². The fraction of sp³-hybridized carbons (Fsp3) is 0.0962. The van der Waals surface area contributed by atoms with Gasteiger partial charge in [-0.1, -0.05) is 112 Å². The number of furan rings is 1. The molecule has 4 heterocycles. The summed E-state index contributed by atoms with van der Waals surface area (Å²) in [5, 5.41) is 4.55. The minimum atomic E-state index is -0.0359. The topological polar surface area (TPSA) is 46.7 Å². The van der Waals surface area contributed by atoms with E-state index in [1.807, 2.05) is 24.4 Å². The number of aromatic nitrogens is 2. The molecule has 0 aliphatic carbocycles. The lowest BCUT2D eigenvalue weighted by molar-refractivity contribution is 0.483. The van der Waals surface area contributed by atoms with Crippen LogP contribution in [0.25, 0.3) is 60.7 Å². The van der Waals surface area contributed by atoms with Gasteiger partial charge in [-0.2, -0.15) is 0 Å². The second-order valence-corrected chi connectivity index (χ2v) is 16.1. The molecule has 1 aliphatic heterocycles. The fourth-order valence-corrected chi connectivity index (χ4v) is 8.68. The molecule has 0 radical (unpaired) electrons. The summed E-state index contributed by atoms with van der Waals surface area (Å²) in [6, 6.07) is 59.5. The molecular weight excluding hydrogens is 713 g/mol. The van der Waals surface area contributed by atoms with E-state index in [2.05, 4.69) is 187 Å². The Bertz CT molecular complexity index is 3190. The van der Waals surface area contributed by atoms with E-state index in [1.54, 1.807) is 0 Å². The van der Waals surface area contributed by atoms with Gasteiger partial charge in [-0.25, -0.2) is 4.98 Å². The molecule has 7 aromatic carbocycles. The van der Waals surface area contributed by atoms with Gasteiger partial charge in [0.05, 0.1) is 33.5 Å². The van der Waals surface area contributed by atoms with Gasteiger partial charge < -0.3 is 19.0 Å². The lowest BCUT2D eigenvalue weighted by Gasteiger charge is -2.23. The molecule has 11 rings (SSSR count). The van der Waals surface area contributed by atoms with Gasteiger partial charge in [0.2, 0.25) is 0 Å². The third-order valence-corrected chi connectivity index (χ3v) is 11.5. The van der Waals surface area contributed by atoms with Gasteiger partial charge in [-0.3, -0.25) is 4.57 Å². The summed E-state index contributed by atoms with van der Waals surface area (Å²) in [4.78, 5) is 9.71. The van der Waals surface area contributed by atoms with Crippen LogP contribution in [0.15, 0.2) is 180 Å². The minimum Gasteiger partial charge on any atom is -0.457 e. The number of pyridine rings is 1. The van der Waals surface area contributed by atoms with Crippen molar-refractivity contribution >= 4 is 66.5 Å². The Kier molecular flexibility index (Phi) is 7.70. The number of benzene rings is 7. The zero-order valence-corrected chi connectivity index (χ0v) is 32.6. The first-order chi connectivity index (χ1) is 28.4. The highest BCUT2D eigenvalue weighted by Crippen LogP contribution is 2.48. The number of rotatable bonds is 6. The summed E-state index contributed by atoms with van der Waals surface area (Å²) in [6.07, 6.45) is 1.93. The molecule has 6 nitrogen and oxygen atoms in total. The predicted octanol–water partition coefficient (Wildman–Crippen LogP) is 14.1. The lowest BCUT2D eigenvalue weighted by atomic mass is 9.88. The summed E-state index contributed by atoms with van der Waals surface area (Å²) in [5.41, 5.74) is 11.9. The van der Waals surface area contributed by atoms with Crippen LogP contribution in [0, 0.1) is 0 Å². The van der Waals surface area contributed by atoms with Crippen LogP contribution in [0.5, 0.6) is 11.5 Å². The molecule has 10 aromatic rings. The Balaban J connectivity index is 0.996. The molecule has 6 heteroatoms. The van der Waals surface area contributed by atoms with Crippen LogP contribution in [-0.4, -0.2) is 16.2 Å². The third-order valence-electron chi connectivity index (χ3n) is 11.5. The maximum absolute atomic E-state index is 6.77. The summed E-state index contributed by atoms with van der Waals surface area (Å²) < 4.78 is 15.4. The summed E-state index contributed by atoms with van der Waals surface area (Å²) in [5.74, 6) is 2.39. The molecule has 0 fully saturated rings. The molecule has 0 bridgehead atoms. The van der Waals surface area contributed by atoms with Crippen LogP contribution >= 0.6 is 0 Å². The highest BCUT2D eigenvalue weighted by Gasteiger charge is 2.30. The van der Waals surface area contributed by atoms with E-state index in [0.717, 1.165) is 89.6 Å². The van der Waals surface area contributed by atoms with Gasteiger partial charge in [0.15, 0.2) is 0 Å². The van der Waals surface area contributed by atoms with Crippen LogP contribution < -0.4 is 14.5 Å². The first kappa shape index (κ1) is 34.0. The molecular formula is C52H40N4O2. The number of ether oxygens (including phenoxy) is 1. The van der Waals surface area contributed by atoms with E-state index in [9.17, 15) is 0 Å². The average Bonchev–Trinajstić information content (AvgIpc) is 3.94. The Hall–Kier alpha value is -7.31. The quantitative estimate of drug-likeness (QED) is 0.169. The molecule has 0 saturated carbocycles. The number of hydrogen-bond donors (Lipinski definition) is 0. The molecule has 280 valence electrons. The zero-order valence-electron chi connectivity index (χ0n) is 32.6. The van der Waals surface area contributed by atoms with Crippen molar-refractivity contribution in [3.63, 3.8) is 0 Å². The van der Waals surface area contributed by atoms with Crippen molar-refractivity contribution in [1.82, 2.24) is 9.55 Å². The predicted molar refractivity (Wildman–Crippen MR) is 239 cm³/mol. The third kappa shape index (κ3) is 5.52. The van der Waals surface area contributed by atoms with Gasteiger partial charge in [-0.15, -0.1) is 0 Å². The Morgan fingerprint density at radius 2 is 1.28 bits per heavy atom. The molecule has 0 spiro atoms. The van der Waals surface area contributed by atoms with Crippen LogP contribution in [0.4, 0.5) is 22.7 Å². The second kappa shape index (κ2) is 13.1.